The number of ether oxygens (including phenoxy) is 2. The molecule has 0 radical (unpaired) electrons. The van der Waals surface area contributed by atoms with Gasteiger partial charge in [-0.25, -0.2) is 4.98 Å². The number of carbonyl (C=O) groups excluding carboxylic acids is 1. The minimum Gasteiger partial charge on any atom is -0.454 e. The van der Waals surface area contributed by atoms with Crippen LogP contribution in [-0.4, -0.2) is 17.7 Å². The number of carbonyl (C=O) groups is 1. The molecular formula is C20H18N2O3S. The summed E-state index contributed by atoms with van der Waals surface area (Å²) in [5.41, 5.74) is 2.96. The number of amides is 1. The number of anilines is 1. The van der Waals surface area contributed by atoms with Crippen LogP contribution in [0.3, 0.4) is 0 Å². The Morgan fingerprint density at radius 1 is 1.15 bits per heavy atom. The fourth-order valence-corrected chi connectivity index (χ4v) is 3.70. The molecule has 0 unspecified atom stereocenters. The monoisotopic (exact) mass is 366 g/mol. The van der Waals surface area contributed by atoms with Crippen LogP contribution in [0.5, 0.6) is 11.5 Å². The largest absolute Gasteiger partial charge is 0.454 e. The fraction of sp³-hybridized carbons (Fsp3) is 0.200. The molecule has 132 valence electrons. The number of nitrogens with zero attached hydrogens (tertiary/aromatic N) is 1. The molecule has 0 atom stereocenters. The summed E-state index contributed by atoms with van der Waals surface area (Å²) >= 11 is 1.48. The molecule has 1 amide bonds. The summed E-state index contributed by atoms with van der Waals surface area (Å²) in [5.74, 6) is 1.44. The highest BCUT2D eigenvalue weighted by Crippen LogP contribution is 2.38. The predicted octanol–water partition coefficient (Wildman–Crippen LogP) is 4.42. The molecule has 0 saturated heterocycles. The highest BCUT2D eigenvalue weighted by molar-refractivity contribution is 7.16. The lowest BCUT2D eigenvalue weighted by molar-refractivity contribution is -0.116. The molecule has 0 fully saturated rings. The van der Waals surface area contributed by atoms with Crippen molar-refractivity contribution in [2.45, 2.75) is 19.8 Å². The zero-order chi connectivity index (χ0) is 17.9. The predicted molar refractivity (Wildman–Crippen MR) is 102 cm³/mol. The van der Waals surface area contributed by atoms with Crippen molar-refractivity contribution in [3.63, 3.8) is 0 Å². The summed E-state index contributed by atoms with van der Waals surface area (Å²) in [6.07, 6.45) is 1.15. The van der Waals surface area contributed by atoms with Gasteiger partial charge in [-0.1, -0.05) is 30.3 Å². The average molecular weight is 366 g/mol. The van der Waals surface area contributed by atoms with E-state index in [0.29, 0.717) is 18.0 Å². The quantitative estimate of drug-likeness (QED) is 0.726. The Hall–Kier alpha value is -2.86. The Morgan fingerprint density at radius 3 is 2.81 bits per heavy atom. The van der Waals surface area contributed by atoms with E-state index in [1.165, 1.54) is 11.3 Å². The summed E-state index contributed by atoms with van der Waals surface area (Å²) in [6.45, 7) is 2.24. The summed E-state index contributed by atoms with van der Waals surface area (Å²) in [5, 5.41) is 3.53. The Labute approximate surface area is 155 Å². The number of hydrogen-bond donors (Lipinski definition) is 1. The third kappa shape index (κ3) is 3.55. The molecule has 0 spiro atoms. The number of thiazole rings is 1. The van der Waals surface area contributed by atoms with Crippen LogP contribution >= 0.6 is 11.3 Å². The molecule has 5 nitrogen and oxygen atoms in total. The minimum atomic E-state index is -0.0279. The first kappa shape index (κ1) is 16.6. The normalized spacial score (nSPS) is 12.2. The van der Waals surface area contributed by atoms with Gasteiger partial charge in [-0.15, -0.1) is 11.3 Å². The fourth-order valence-electron chi connectivity index (χ4n) is 2.85. The van der Waals surface area contributed by atoms with Crippen LogP contribution in [0, 0.1) is 6.92 Å². The van der Waals surface area contributed by atoms with Crippen molar-refractivity contribution >= 4 is 22.4 Å². The number of aromatic nitrogens is 1. The van der Waals surface area contributed by atoms with Gasteiger partial charge >= 0.3 is 0 Å². The number of fused-ring (bicyclic) bond motifs is 1. The maximum Gasteiger partial charge on any atom is 0.231 e. The molecule has 1 aromatic heterocycles. The third-order valence-corrected chi connectivity index (χ3v) is 5.06. The van der Waals surface area contributed by atoms with Crippen molar-refractivity contribution in [2.75, 3.05) is 12.1 Å². The van der Waals surface area contributed by atoms with Crippen LogP contribution in [-0.2, 0) is 11.2 Å². The zero-order valence-corrected chi connectivity index (χ0v) is 15.1. The second-order valence-corrected chi connectivity index (χ2v) is 7.23. The molecule has 26 heavy (non-hydrogen) atoms. The number of nitrogens with one attached hydrogen (secondary N) is 1. The van der Waals surface area contributed by atoms with Gasteiger partial charge in [0.2, 0.25) is 12.7 Å². The minimum absolute atomic E-state index is 0.0279. The first-order valence-electron chi connectivity index (χ1n) is 8.40. The van der Waals surface area contributed by atoms with Gasteiger partial charge in [0.1, 0.15) is 0 Å². The standard InChI is InChI=1S/C20H18N2O3S/c1-13-19(15-8-9-16-17(11-15)25-12-24-16)22-20(26-13)21-18(23)10-7-14-5-3-2-4-6-14/h2-6,8-9,11H,7,10,12H2,1H3,(H,21,22,23). The number of aryl methyl sites for hydroxylation is 2. The van der Waals surface area contributed by atoms with E-state index in [4.69, 9.17) is 9.47 Å². The van der Waals surface area contributed by atoms with E-state index in [-0.39, 0.29) is 12.7 Å². The highest BCUT2D eigenvalue weighted by atomic mass is 32.1. The van der Waals surface area contributed by atoms with Crippen LogP contribution in [0.25, 0.3) is 11.3 Å². The van der Waals surface area contributed by atoms with Crippen molar-refractivity contribution < 1.29 is 14.3 Å². The van der Waals surface area contributed by atoms with Gasteiger partial charge in [-0.05, 0) is 37.1 Å². The van der Waals surface area contributed by atoms with Crippen LogP contribution in [0.15, 0.2) is 48.5 Å². The van der Waals surface area contributed by atoms with Crippen molar-refractivity contribution in [3.05, 3.63) is 59.0 Å². The van der Waals surface area contributed by atoms with Gasteiger partial charge in [0, 0.05) is 16.9 Å². The van der Waals surface area contributed by atoms with Gasteiger partial charge < -0.3 is 14.8 Å². The van der Waals surface area contributed by atoms with Crippen LogP contribution < -0.4 is 14.8 Å². The van der Waals surface area contributed by atoms with Crippen molar-refractivity contribution in [1.82, 2.24) is 4.98 Å². The lowest BCUT2D eigenvalue weighted by Gasteiger charge is -2.02. The molecule has 0 aliphatic carbocycles. The molecule has 1 aliphatic rings. The zero-order valence-electron chi connectivity index (χ0n) is 14.3. The average Bonchev–Trinajstić information content (AvgIpc) is 3.26. The van der Waals surface area contributed by atoms with Crippen LogP contribution in [0.4, 0.5) is 5.13 Å². The topological polar surface area (TPSA) is 60.5 Å². The van der Waals surface area contributed by atoms with Crippen molar-refractivity contribution in [3.8, 4) is 22.8 Å². The molecule has 2 heterocycles. The van der Waals surface area contributed by atoms with Crippen LogP contribution in [0.2, 0.25) is 0 Å². The van der Waals surface area contributed by atoms with Crippen molar-refractivity contribution in [1.29, 1.82) is 0 Å². The highest BCUT2D eigenvalue weighted by Gasteiger charge is 2.17. The Morgan fingerprint density at radius 2 is 1.96 bits per heavy atom. The summed E-state index contributed by atoms with van der Waals surface area (Å²) < 4.78 is 10.8. The smallest absolute Gasteiger partial charge is 0.231 e. The van der Waals surface area contributed by atoms with E-state index >= 15 is 0 Å². The Balaban J connectivity index is 1.44. The molecular weight excluding hydrogens is 348 g/mol. The maximum absolute atomic E-state index is 12.2. The summed E-state index contributed by atoms with van der Waals surface area (Å²) in [7, 11) is 0. The lowest BCUT2D eigenvalue weighted by Crippen LogP contribution is -2.12. The van der Waals surface area contributed by atoms with Crippen LogP contribution in [0.1, 0.15) is 16.9 Å². The first-order valence-corrected chi connectivity index (χ1v) is 9.22. The van der Waals surface area contributed by atoms with E-state index in [1.807, 2.05) is 55.5 Å². The van der Waals surface area contributed by atoms with E-state index in [1.54, 1.807) is 0 Å². The SMILES string of the molecule is Cc1sc(NC(=O)CCc2ccccc2)nc1-c1ccc2c(c1)OCO2. The first-order chi connectivity index (χ1) is 12.7. The number of hydrogen-bond acceptors (Lipinski definition) is 5. The molecule has 0 saturated carbocycles. The van der Waals surface area contributed by atoms with Crippen molar-refractivity contribution in [2.24, 2.45) is 0 Å². The summed E-state index contributed by atoms with van der Waals surface area (Å²) in [6, 6.07) is 15.7. The number of benzene rings is 2. The molecule has 1 aliphatic heterocycles. The van der Waals surface area contributed by atoms with Gasteiger partial charge in [0.15, 0.2) is 16.6 Å². The van der Waals surface area contributed by atoms with Gasteiger partial charge in [-0.3, -0.25) is 4.79 Å². The second kappa shape index (κ2) is 7.17. The van der Waals surface area contributed by atoms with Gasteiger partial charge in [-0.2, -0.15) is 0 Å². The van der Waals surface area contributed by atoms with E-state index in [2.05, 4.69) is 10.3 Å². The molecule has 4 rings (SSSR count). The third-order valence-electron chi connectivity index (χ3n) is 4.17. The molecule has 0 bridgehead atoms. The second-order valence-electron chi connectivity index (χ2n) is 6.03. The van der Waals surface area contributed by atoms with Gasteiger partial charge in [0.05, 0.1) is 5.69 Å². The van der Waals surface area contributed by atoms with E-state index in [9.17, 15) is 4.79 Å². The molecule has 2 aromatic carbocycles. The molecule has 3 aromatic rings. The van der Waals surface area contributed by atoms with Gasteiger partial charge in [0.25, 0.3) is 0 Å². The Kier molecular flexibility index (Phi) is 4.58. The molecule has 6 heteroatoms. The molecule has 1 N–H and O–H groups in total. The van der Waals surface area contributed by atoms with E-state index in [0.717, 1.165) is 33.2 Å². The number of rotatable bonds is 5. The summed E-state index contributed by atoms with van der Waals surface area (Å²) in [4.78, 5) is 17.8. The van der Waals surface area contributed by atoms with E-state index < -0.39 is 0 Å². The maximum atomic E-state index is 12.2. The Bertz CT molecular complexity index is 937. The lowest BCUT2D eigenvalue weighted by atomic mass is 10.1.